The normalized spacial score (nSPS) is 35.7. The van der Waals surface area contributed by atoms with Gasteiger partial charge in [0.15, 0.2) is 4.77 Å². The van der Waals surface area contributed by atoms with E-state index in [1.54, 1.807) is 0 Å². The van der Waals surface area contributed by atoms with Crippen molar-refractivity contribution in [3.8, 4) is 0 Å². The summed E-state index contributed by atoms with van der Waals surface area (Å²) in [6.07, 6.45) is -3.39. The molecule has 0 saturated carbocycles. The number of alkyl halides is 1. The molecule has 1 aliphatic heterocycles. The Kier molecular flexibility index (Phi) is 3.99. The monoisotopic (exact) mass is 322 g/mol. The average Bonchev–Trinajstić information content (AvgIpc) is 2.56. The highest BCUT2D eigenvalue weighted by Crippen LogP contribution is 2.44. The number of aliphatic hydroxyl groups excluding tert-OH is 2. The van der Waals surface area contributed by atoms with E-state index < -0.39 is 34.6 Å². The summed E-state index contributed by atoms with van der Waals surface area (Å²) in [5.74, 6) is -3.49. The Hall–Kier alpha value is -0.935. The van der Waals surface area contributed by atoms with Crippen LogP contribution in [0.3, 0.4) is 0 Å². The molecular weight excluding hydrogens is 312 g/mol. The van der Waals surface area contributed by atoms with Crippen molar-refractivity contribution < 1.29 is 24.4 Å². The molecule has 0 unspecified atom stereocenters. The number of rotatable bonds is 2. The van der Waals surface area contributed by atoms with Crippen molar-refractivity contribution in [2.45, 2.75) is 36.0 Å². The van der Waals surface area contributed by atoms with E-state index in [-0.39, 0.29) is 10.3 Å². The Morgan fingerprint density at radius 3 is 2.50 bits per heavy atom. The van der Waals surface area contributed by atoms with Crippen LogP contribution >= 0.6 is 12.2 Å². The second kappa shape index (κ2) is 5.03. The molecule has 0 bridgehead atoms. The largest absolute Gasteiger partial charge is 0.403 e. The zero-order valence-electron chi connectivity index (χ0n) is 11.4. The molecule has 0 spiro atoms. The predicted molar refractivity (Wildman–Crippen MR) is 77.7 cm³/mol. The molecule has 2 heterocycles. The van der Waals surface area contributed by atoms with Gasteiger partial charge in [-0.25, -0.2) is 4.39 Å². The van der Waals surface area contributed by atoms with Crippen molar-refractivity contribution in [1.82, 2.24) is 9.55 Å². The van der Waals surface area contributed by atoms with Crippen molar-refractivity contribution in [2.24, 2.45) is 0 Å². The number of aliphatic hydroxyl groups is 3. The van der Waals surface area contributed by atoms with Gasteiger partial charge in [0.2, 0.25) is 0 Å². The third-order valence-corrected chi connectivity index (χ3v) is 3.76. The Labute approximate surface area is 133 Å². The van der Waals surface area contributed by atoms with Gasteiger partial charge in [0.25, 0.3) is 11.4 Å². The fraction of sp³-hybridized carbons (Fsp3) is 0.600. The number of aromatic nitrogens is 2. The van der Waals surface area contributed by atoms with Gasteiger partial charge < -0.3 is 24.6 Å². The summed E-state index contributed by atoms with van der Waals surface area (Å²) in [5, 5.41) is 26.1. The Bertz CT molecular complexity index is 722. The number of halogens is 1. The summed E-state index contributed by atoms with van der Waals surface area (Å²) in [6, 6.07) is 0. The molecule has 12 heteroatoms. The van der Waals surface area contributed by atoms with Crippen molar-refractivity contribution in [3.63, 3.8) is 0 Å². The van der Waals surface area contributed by atoms with E-state index in [9.17, 15) is 24.5 Å². The van der Waals surface area contributed by atoms with Gasteiger partial charge in [-0.1, -0.05) is 0 Å². The Morgan fingerprint density at radius 1 is 1.50 bits per heavy atom. The van der Waals surface area contributed by atoms with Crippen LogP contribution in [-0.2, 0) is 10.4 Å². The van der Waals surface area contributed by atoms with Crippen molar-refractivity contribution in [2.75, 3.05) is 0 Å². The summed E-state index contributed by atoms with van der Waals surface area (Å²) in [7, 11) is 15.9. The highest BCUT2D eigenvalue weighted by Gasteiger charge is 2.66. The molecule has 1 aliphatic rings. The summed E-state index contributed by atoms with van der Waals surface area (Å²) >= 11 is 4.87. The van der Waals surface area contributed by atoms with Crippen molar-refractivity contribution >= 4 is 35.8 Å². The maximum absolute atomic E-state index is 14.6. The van der Waals surface area contributed by atoms with Crippen LogP contribution < -0.4 is 5.56 Å². The van der Waals surface area contributed by atoms with E-state index in [1.807, 2.05) is 0 Å². The minimum Gasteiger partial charge on any atom is -0.403 e. The molecule has 0 amide bonds. The topological polar surface area (TPSA) is 108 Å². The molecule has 22 heavy (non-hydrogen) atoms. The molecule has 7 nitrogen and oxygen atoms in total. The van der Waals surface area contributed by atoms with Gasteiger partial charge in [-0.3, -0.25) is 9.78 Å². The Balaban J connectivity index is 2.64. The summed E-state index contributed by atoms with van der Waals surface area (Å²) in [4.78, 5) is 13.7. The smallest absolute Gasteiger partial charge is 0.254 e. The van der Waals surface area contributed by atoms with Gasteiger partial charge >= 0.3 is 0 Å². The molecule has 2 rings (SSSR count). The maximum atomic E-state index is 14.6. The van der Waals surface area contributed by atoms with E-state index >= 15 is 0 Å². The first-order chi connectivity index (χ1) is 9.84. The fourth-order valence-corrected chi connectivity index (χ4v) is 2.41. The van der Waals surface area contributed by atoms with E-state index in [0.717, 1.165) is 10.8 Å². The number of H-pyrrole nitrogens is 1. The van der Waals surface area contributed by atoms with Gasteiger partial charge in [0.05, 0.1) is 0 Å². The molecule has 4 atom stereocenters. The third-order valence-electron chi connectivity index (χ3n) is 3.46. The lowest BCUT2D eigenvalue weighted by molar-refractivity contribution is -0.242. The highest BCUT2D eigenvalue weighted by atomic mass is 32.1. The second-order valence-corrected chi connectivity index (χ2v) is 5.54. The summed E-state index contributed by atoms with van der Waals surface area (Å²) in [5.41, 5.74) is -2.87. The lowest BCUT2D eigenvalue weighted by atomic mass is 9.59. The fourth-order valence-electron chi connectivity index (χ4n) is 2.12. The van der Waals surface area contributed by atoms with Gasteiger partial charge in [0.1, 0.15) is 41.4 Å². The summed E-state index contributed by atoms with van der Waals surface area (Å²) in [6.45, 7) is 1.40. The third kappa shape index (κ3) is 2.30. The molecule has 1 aromatic rings. The van der Waals surface area contributed by atoms with Crippen LogP contribution in [0.5, 0.6) is 0 Å². The first kappa shape index (κ1) is 17.4. The molecule has 6 radical (unpaired) electrons. The predicted octanol–water partition coefficient (Wildman–Crippen LogP) is -2.61. The van der Waals surface area contributed by atoms with E-state index in [0.29, 0.717) is 0 Å². The first-order valence-electron chi connectivity index (χ1n) is 6.02. The first-order valence-corrected chi connectivity index (χ1v) is 6.42. The van der Waals surface area contributed by atoms with Crippen LogP contribution in [0, 0.1) is 11.7 Å². The molecule has 4 N–H and O–H groups in total. The standard InChI is InChI=1S/C10H10B3FN2O5S/c1-3-2-16(7(22)15-6(3)19)9(11)5(18)4(17)8(14,21-9)10(12,13)20/h2,4-5,17-18,20H,1H3,(H,15,19,22)/t4-,5+,8-,9-/m0/s1. The van der Waals surface area contributed by atoms with Gasteiger partial charge in [-0.15, -0.1) is 0 Å². The molecule has 1 saturated heterocycles. The highest BCUT2D eigenvalue weighted by molar-refractivity contribution is 7.71. The lowest BCUT2D eigenvalue weighted by Crippen LogP contribution is -2.59. The zero-order chi connectivity index (χ0) is 17.1. The number of nitrogens with zero attached hydrogens (tertiary/aromatic N) is 1. The second-order valence-electron chi connectivity index (χ2n) is 5.16. The van der Waals surface area contributed by atoms with Gasteiger partial charge in [-0.2, -0.15) is 0 Å². The number of nitrogens with one attached hydrogen (secondary N) is 1. The molecular formula is C10H10B3FN2O5S. The molecule has 1 fully saturated rings. The molecule has 112 valence electrons. The lowest BCUT2D eigenvalue weighted by Gasteiger charge is -2.37. The summed E-state index contributed by atoms with van der Waals surface area (Å²) < 4.78 is 19.9. The minimum absolute atomic E-state index is 0.121. The van der Waals surface area contributed by atoms with Crippen LogP contribution in [0.4, 0.5) is 4.39 Å². The Morgan fingerprint density at radius 2 is 2.05 bits per heavy atom. The quantitative estimate of drug-likeness (QED) is 0.351. The number of aryl methyl sites for hydroxylation is 1. The molecule has 0 aromatic carbocycles. The molecule has 1 aromatic heterocycles. The zero-order valence-corrected chi connectivity index (χ0v) is 12.2. The van der Waals surface area contributed by atoms with Gasteiger partial charge in [0, 0.05) is 17.2 Å². The van der Waals surface area contributed by atoms with Crippen molar-refractivity contribution in [1.29, 1.82) is 0 Å². The van der Waals surface area contributed by atoms with Crippen LogP contribution in [0.2, 0.25) is 0 Å². The van der Waals surface area contributed by atoms with Crippen LogP contribution in [-0.4, -0.2) is 71.9 Å². The van der Waals surface area contributed by atoms with Crippen LogP contribution in [0.25, 0.3) is 0 Å². The number of hydrogen-bond donors (Lipinski definition) is 4. The SMILES string of the molecule is [B]C([B])(O)[C@@]1(F)O[C@@]([B])(n2cc(C)c(=O)[nH]c2=S)[C@H](O)[C@@H]1O. The van der Waals surface area contributed by atoms with Crippen molar-refractivity contribution in [3.05, 3.63) is 26.9 Å². The minimum atomic E-state index is -3.49. The van der Waals surface area contributed by atoms with E-state index in [2.05, 4.69) is 4.98 Å². The molecule has 0 aliphatic carbocycles. The number of aromatic amines is 1. The number of ether oxygens (including phenoxy) is 1. The average molecular weight is 322 g/mol. The number of hydrogen-bond acceptors (Lipinski definition) is 6. The van der Waals surface area contributed by atoms with E-state index in [1.165, 1.54) is 6.92 Å². The maximum Gasteiger partial charge on any atom is 0.254 e. The van der Waals surface area contributed by atoms with Crippen LogP contribution in [0.15, 0.2) is 11.0 Å². The van der Waals surface area contributed by atoms with Crippen LogP contribution in [0.1, 0.15) is 5.56 Å². The van der Waals surface area contributed by atoms with Gasteiger partial charge in [-0.05, 0) is 19.1 Å². The van der Waals surface area contributed by atoms with E-state index in [4.69, 9.17) is 40.5 Å².